The molecule has 1 N–H and O–H groups in total. The van der Waals surface area contributed by atoms with Gasteiger partial charge in [-0.2, -0.15) is 0 Å². The van der Waals surface area contributed by atoms with Gasteiger partial charge in [0.1, 0.15) is 11.6 Å². The molecule has 4 amide bonds. The average molecular weight is 428 g/mol. The van der Waals surface area contributed by atoms with Gasteiger partial charge >= 0.3 is 6.09 Å². The number of carbonyl (C=O) groups excluding carboxylic acids is 4. The molecule has 8 heteroatoms. The van der Waals surface area contributed by atoms with Crippen molar-refractivity contribution in [2.45, 2.75) is 70.6 Å². The van der Waals surface area contributed by atoms with E-state index in [9.17, 15) is 19.2 Å². The Bertz CT molecular complexity index is 928. The maximum absolute atomic E-state index is 13.0. The molecule has 1 aromatic rings. The lowest BCUT2D eigenvalue weighted by Crippen LogP contribution is -2.52. The third kappa shape index (κ3) is 4.29. The summed E-state index contributed by atoms with van der Waals surface area (Å²) in [6.07, 6.45) is 1.90. The number of likely N-dealkylation sites (tertiary alicyclic amines) is 1. The van der Waals surface area contributed by atoms with E-state index in [1.807, 2.05) is 39.0 Å². The number of imide groups is 1. The molecule has 0 spiro atoms. The van der Waals surface area contributed by atoms with E-state index < -0.39 is 17.6 Å². The van der Waals surface area contributed by atoms with Crippen LogP contribution in [0, 0.1) is 0 Å². The Morgan fingerprint density at radius 3 is 2.45 bits per heavy atom. The second-order valence-electron chi connectivity index (χ2n) is 9.51. The van der Waals surface area contributed by atoms with Gasteiger partial charge in [0, 0.05) is 31.6 Å². The van der Waals surface area contributed by atoms with Crippen molar-refractivity contribution in [1.82, 2.24) is 15.1 Å². The fourth-order valence-electron chi connectivity index (χ4n) is 4.69. The molecule has 8 nitrogen and oxygen atoms in total. The summed E-state index contributed by atoms with van der Waals surface area (Å²) in [5.74, 6) is -0.604. The van der Waals surface area contributed by atoms with Gasteiger partial charge in [-0.15, -0.1) is 0 Å². The number of nitrogens with zero attached hydrogens (tertiary/aromatic N) is 2. The number of ether oxygens (including phenoxy) is 1. The summed E-state index contributed by atoms with van der Waals surface area (Å²) in [6, 6.07) is 5.14. The minimum atomic E-state index is -0.612. The van der Waals surface area contributed by atoms with E-state index in [0.717, 1.165) is 24.0 Å². The van der Waals surface area contributed by atoms with Crippen LogP contribution in [0.2, 0.25) is 0 Å². The van der Waals surface area contributed by atoms with Crippen molar-refractivity contribution in [1.29, 1.82) is 0 Å². The Morgan fingerprint density at radius 1 is 1.10 bits per heavy atom. The number of nitrogens with one attached hydrogen (secondary N) is 1. The molecule has 3 heterocycles. The normalized spacial score (nSPS) is 22.4. The van der Waals surface area contributed by atoms with E-state index in [1.165, 1.54) is 0 Å². The summed E-state index contributed by atoms with van der Waals surface area (Å²) in [6.45, 7) is 7.16. The van der Waals surface area contributed by atoms with Crippen molar-refractivity contribution in [3.8, 4) is 0 Å². The quantitative estimate of drug-likeness (QED) is 0.732. The lowest BCUT2D eigenvalue weighted by molar-refractivity contribution is -0.136. The van der Waals surface area contributed by atoms with Gasteiger partial charge in [0.05, 0.1) is 0 Å². The molecule has 3 aliphatic heterocycles. The Balaban J connectivity index is 1.47. The van der Waals surface area contributed by atoms with E-state index in [1.54, 1.807) is 9.80 Å². The van der Waals surface area contributed by atoms with Gasteiger partial charge in [0.15, 0.2) is 0 Å². The second-order valence-corrected chi connectivity index (χ2v) is 9.51. The highest BCUT2D eigenvalue weighted by atomic mass is 16.6. The molecule has 0 saturated carbocycles. The highest BCUT2D eigenvalue weighted by Crippen LogP contribution is 2.37. The van der Waals surface area contributed by atoms with Crippen molar-refractivity contribution < 1.29 is 23.9 Å². The van der Waals surface area contributed by atoms with Crippen LogP contribution in [-0.2, 0) is 20.9 Å². The SMILES string of the molecule is CC(C)(C)OC(=O)N1CCC(c2cccc3c2CN(C2CCC(=O)NC2=O)C3=O)CC1. The van der Waals surface area contributed by atoms with Crippen LogP contribution in [0.5, 0.6) is 0 Å². The fraction of sp³-hybridized carbons (Fsp3) is 0.565. The summed E-state index contributed by atoms with van der Waals surface area (Å²) in [5.41, 5.74) is 2.20. The fourth-order valence-corrected chi connectivity index (χ4v) is 4.69. The van der Waals surface area contributed by atoms with Crippen LogP contribution in [0.4, 0.5) is 4.79 Å². The summed E-state index contributed by atoms with van der Waals surface area (Å²) >= 11 is 0. The van der Waals surface area contributed by atoms with Crippen LogP contribution in [0.15, 0.2) is 18.2 Å². The number of hydrogen-bond donors (Lipinski definition) is 1. The molecule has 2 fully saturated rings. The smallest absolute Gasteiger partial charge is 0.410 e. The predicted molar refractivity (Wildman–Crippen MR) is 112 cm³/mol. The Kier molecular flexibility index (Phi) is 5.49. The predicted octanol–water partition coefficient (Wildman–Crippen LogP) is 2.56. The van der Waals surface area contributed by atoms with Crippen LogP contribution in [-0.4, -0.2) is 58.3 Å². The second kappa shape index (κ2) is 7.98. The van der Waals surface area contributed by atoms with Gasteiger partial charge in [-0.3, -0.25) is 19.7 Å². The van der Waals surface area contributed by atoms with E-state index in [-0.39, 0.29) is 30.2 Å². The summed E-state index contributed by atoms with van der Waals surface area (Å²) in [7, 11) is 0. The maximum atomic E-state index is 13.0. The molecule has 3 aliphatic rings. The Labute approximate surface area is 181 Å². The van der Waals surface area contributed by atoms with Crippen LogP contribution in [0.3, 0.4) is 0 Å². The van der Waals surface area contributed by atoms with Crippen molar-refractivity contribution in [3.63, 3.8) is 0 Å². The monoisotopic (exact) mass is 427 g/mol. The molecular formula is C23H29N3O5. The molecular weight excluding hydrogens is 398 g/mol. The third-order valence-electron chi connectivity index (χ3n) is 6.20. The average Bonchev–Trinajstić information content (AvgIpc) is 3.03. The van der Waals surface area contributed by atoms with Gasteiger partial charge in [-0.25, -0.2) is 4.79 Å². The first-order chi connectivity index (χ1) is 14.6. The largest absolute Gasteiger partial charge is 0.444 e. The van der Waals surface area contributed by atoms with Crippen LogP contribution in [0.1, 0.15) is 73.9 Å². The zero-order valence-corrected chi connectivity index (χ0v) is 18.3. The first-order valence-corrected chi connectivity index (χ1v) is 10.9. The van der Waals surface area contributed by atoms with E-state index in [2.05, 4.69) is 5.32 Å². The standard InChI is InChI=1S/C23H29N3O5/c1-23(2,3)31-22(30)25-11-9-14(10-12-25)15-5-4-6-16-17(15)13-26(21(16)29)18-7-8-19(27)24-20(18)28/h4-6,14,18H,7-13H2,1-3H3,(H,24,27,28). The van der Waals surface area contributed by atoms with Gasteiger partial charge < -0.3 is 14.5 Å². The van der Waals surface area contributed by atoms with E-state index in [0.29, 0.717) is 31.6 Å². The van der Waals surface area contributed by atoms with Crippen molar-refractivity contribution in [2.75, 3.05) is 13.1 Å². The van der Waals surface area contributed by atoms with E-state index in [4.69, 9.17) is 4.74 Å². The lowest BCUT2D eigenvalue weighted by atomic mass is 9.85. The van der Waals surface area contributed by atoms with Crippen molar-refractivity contribution in [3.05, 3.63) is 34.9 Å². The molecule has 1 aromatic carbocycles. The van der Waals surface area contributed by atoms with Crippen molar-refractivity contribution >= 4 is 23.8 Å². The first-order valence-electron chi connectivity index (χ1n) is 10.9. The topological polar surface area (TPSA) is 96.0 Å². The van der Waals surface area contributed by atoms with Crippen molar-refractivity contribution in [2.24, 2.45) is 0 Å². The van der Waals surface area contributed by atoms with Gasteiger partial charge in [0.25, 0.3) is 5.91 Å². The zero-order chi connectivity index (χ0) is 22.3. The summed E-state index contributed by atoms with van der Waals surface area (Å²) < 4.78 is 5.48. The number of rotatable bonds is 2. The molecule has 0 aromatic heterocycles. The lowest BCUT2D eigenvalue weighted by Gasteiger charge is -2.34. The van der Waals surface area contributed by atoms with Crippen LogP contribution < -0.4 is 5.32 Å². The van der Waals surface area contributed by atoms with Crippen LogP contribution >= 0.6 is 0 Å². The van der Waals surface area contributed by atoms with Gasteiger partial charge in [-0.1, -0.05) is 12.1 Å². The molecule has 0 radical (unpaired) electrons. The zero-order valence-electron chi connectivity index (χ0n) is 18.3. The molecule has 1 atom stereocenters. The minimum Gasteiger partial charge on any atom is -0.444 e. The molecule has 1 unspecified atom stereocenters. The molecule has 166 valence electrons. The molecule has 4 rings (SSSR count). The Hall–Kier alpha value is -2.90. The number of piperidine rings is 2. The van der Waals surface area contributed by atoms with Crippen LogP contribution in [0.25, 0.3) is 0 Å². The van der Waals surface area contributed by atoms with Gasteiger partial charge in [-0.05, 0) is 63.1 Å². The molecule has 0 aliphatic carbocycles. The van der Waals surface area contributed by atoms with E-state index >= 15 is 0 Å². The molecule has 0 bridgehead atoms. The Morgan fingerprint density at radius 2 is 1.81 bits per heavy atom. The number of hydrogen-bond acceptors (Lipinski definition) is 5. The number of amides is 4. The van der Waals surface area contributed by atoms with Gasteiger partial charge in [0.2, 0.25) is 11.8 Å². The molecule has 2 saturated heterocycles. The maximum Gasteiger partial charge on any atom is 0.410 e. The first kappa shape index (κ1) is 21.3. The summed E-state index contributed by atoms with van der Waals surface area (Å²) in [4.78, 5) is 52.5. The number of carbonyl (C=O) groups is 4. The highest BCUT2D eigenvalue weighted by molar-refractivity contribution is 6.05. The summed E-state index contributed by atoms with van der Waals surface area (Å²) in [5, 5.41) is 2.34. The number of fused-ring (bicyclic) bond motifs is 1. The highest BCUT2D eigenvalue weighted by Gasteiger charge is 2.40. The minimum absolute atomic E-state index is 0.155. The third-order valence-corrected chi connectivity index (χ3v) is 6.20. The number of benzene rings is 1. The molecule has 31 heavy (non-hydrogen) atoms.